The van der Waals surface area contributed by atoms with E-state index >= 15 is 0 Å². The Morgan fingerprint density at radius 1 is 1.33 bits per heavy atom. The second kappa shape index (κ2) is 9.82. The lowest BCUT2D eigenvalue weighted by Gasteiger charge is -2.04. The van der Waals surface area contributed by atoms with E-state index in [2.05, 4.69) is 5.32 Å². The summed E-state index contributed by atoms with van der Waals surface area (Å²) < 4.78 is 5.21. The minimum Gasteiger partial charge on any atom is -0.382 e. The summed E-state index contributed by atoms with van der Waals surface area (Å²) >= 11 is 0. The van der Waals surface area contributed by atoms with E-state index < -0.39 is 0 Å². The Labute approximate surface area is 113 Å². The van der Waals surface area contributed by atoms with Crippen molar-refractivity contribution in [3.63, 3.8) is 0 Å². The summed E-state index contributed by atoms with van der Waals surface area (Å²) in [6.07, 6.45) is 0.973. The lowest BCUT2D eigenvalue weighted by molar-refractivity contribution is -0.384. The summed E-state index contributed by atoms with van der Waals surface area (Å²) in [6, 6.07) is 6.59. The minimum atomic E-state index is -0.390. The summed E-state index contributed by atoms with van der Waals surface area (Å²) in [5, 5.41) is 13.7. The fourth-order valence-electron chi connectivity index (χ4n) is 1.41. The van der Waals surface area contributed by atoms with E-state index in [4.69, 9.17) is 4.74 Å². The third-order valence-corrected chi connectivity index (χ3v) is 2.32. The zero-order chi connectivity index (χ0) is 12.5. The molecule has 0 amide bonds. The van der Waals surface area contributed by atoms with Crippen LogP contribution in [0.1, 0.15) is 18.9 Å². The van der Waals surface area contributed by atoms with Crippen molar-refractivity contribution in [1.82, 2.24) is 5.32 Å². The highest BCUT2D eigenvalue weighted by molar-refractivity contribution is 5.85. The molecule has 0 aromatic heterocycles. The minimum absolute atomic E-state index is 0. The molecule has 5 nitrogen and oxygen atoms in total. The first-order chi connectivity index (χ1) is 8.24. The van der Waals surface area contributed by atoms with Gasteiger partial charge in [-0.2, -0.15) is 0 Å². The number of hydrogen-bond donors (Lipinski definition) is 1. The van der Waals surface area contributed by atoms with Crippen LogP contribution in [0.5, 0.6) is 0 Å². The zero-order valence-corrected chi connectivity index (χ0v) is 11.2. The Hall–Kier alpha value is -1.17. The van der Waals surface area contributed by atoms with E-state index in [-0.39, 0.29) is 23.0 Å². The second-order valence-corrected chi connectivity index (χ2v) is 3.65. The molecule has 1 N–H and O–H groups in total. The highest BCUT2D eigenvalue weighted by Crippen LogP contribution is 2.11. The topological polar surface area (TPSA) is 64.4 Å². The third kappa shape index (κ3) is 6.54. The number of nitrogens with zero attached hydrogens (tertiary/aromatic N) is 1. The maximum atomic E-state index is 10.4. The van der Waals surface area contributed by atoms with Crippen LogP contribution in [-0.2, 0) is 11.3 Å². The smallest absolute Gasteiger partial charge is 0.269 e. The van der Waals surface area contributed by atoms with Crippen LogP contribution in [0.25, 0.3) is 0 Å². The average molecular weight is 275 g/mol. The van der Waals surface area contributed by atoms with Crippen molar-refractivity contribution in [3.05, 3.63) is 39.9 Å². The van der Waals surface area contributed by atoms with Crippen molar-refractivity contribution < 1.29 is 9.66 Å². The van der Waals surface area contributed by atoms with Crippen LogP contribution in [-0.4, -0.2) is 24.7 Å². The largest absolute Gasteiger partial charge is 0.382 e. The van der Waals surface area contributed by atoms with Crippen molar-refractivity contribution in [1.29, 1.82) is 0 Å². The Kier molecular flexibility index (Phi) is 9.18. The summed E-state index contributed by atoms with van der Waals surface area (Å²) in [6.45, 7) is 5.11. The molecule has 0 fully saturated rings. The summed E-state index contributed by atoms with van der Waals surface area (Å²) in [7, 11) is 0. The summed E-state index contributed by atoms with van der Waals surface area (Å²) in [4.78, 5) is 10.1. The van der Waals surface area contributed by atoms with Crippen molar-refractivity contribution >= 4 is 18.1 Å². The average Bonchev–Trinajstić information content (AvgIpc) is 2.34. The summed E-state index contributed by atoms with van der Waals surface area (Å²) in [5.74, 6) is 0. The number of hydrogen-bond acceptors (Lipinski definition) is 4. The van der Waals surface area contributed by atoms with Gasteiger partial charge in [0, 0.05) is 31.9 Å². The lowest BCUT2D eigenvalue weighted by Crippen LogP contribution is -2.16. The van der Waals surface area contributed by atoms with Crippen molar-refractivity contribution in [2.75, 3.05) is 19.8 Å². The van der Waals surface area contributed by atoms with Gasteiger partial charge in [-0.3, -0.25) is 10.1 Å². The molecule has 0 saturated carbocycles. The first-order valence-corrected chi connectivity index (χ1v) is 5.76. The van der Waals surface area contributed by atoms with Crippen molar-refractivity contribution in [3.8, 4) is 0 Å². The highest BCUT2D eigenvalue weighted by atomic mass is 35.5. The molecular weight excluding hydrogens is 256 g/mol. The molecule has 0 unspecified atom stereocenters. The van der Waals surface area contributed by atoms with Gasteiger partial charge < -0.3 is 10.1 Å². The number of rotatable bonds is 8. The molecule has 1 aromatic carbocycles. The Bertz CT molecular complexity index is 344. The van der Waals surface area contributed by atoms with Gasteiger partial charge in [0.25, 0.3) is 5.69 Å². The van der Waals surface area contributed by atoms with Crippen molar-refractivity contribution in [2.24, 2.45) is 0 Å². The Balaban J connectivity index is 0.00000289. The van der Waals surface area contributed by atoms with E-state index in [1.54, 1.807) is 12.1 Å². The molecule has 0 spiro atoms. The van der Waals surface area contributed by atoms with Crippen LogP contribution >= 0.6 is 12.4 Å². The number of halogens is 1. The maximum absolute atomic E-state index is 10.4. The molecule has 6 heteroatoms. The fourth-order valence-corrected chi connectivity index (χ4v) is 1.41. The predicted octanol–water partition coefficient (Wildman–Crippen LogP) is 2.53. The summed E-state index contributed by atoms with van der Waals surface area (Å²) in [5.41, 5.74) is 1.18. The van der Waals surface area contributed by atoms with Gasteiger partial charge in [-0.25, -0.2) is 0 Å². The normalized spacial score (nSPS) is 9.83. The molecule has 0 aliphatic rings. The van der Waals surface area contributed by atoms with Gasteiger partial charge in [0.2, 0.25) is 0 Å². The van der Waals surface area contributed by atoms with Gasteiger partial charge in [-0.15, -0.1) is 12.4 Å². The molecule has 0 heterocycles. The maximum Gasteiger partial charge on any atom is 0.269 e. The van der Waals surface area contributed by atoms with Crippen LogP contribution in [0.15, 0.2) is 24.3 Å². The van der Waals surface area contributed by atoms with Crippen molar-refractivity contribution in [2.45, 2.75) is 19.9 Å². The number of benzene rings is 1. The van der Waals surface area contributed by atoms with Gasteiger partial charge in [0.15, 0.2) is 0 Å². The van der Waals surface area contributed by atoms with Crippen LogP contribution < -0.4 is 5.32 Å². The number of nitro benzene ring substituents is 1. The lowest BCUT2D eigenvalue weighted by atomic mass is 10.2. The highest BCUT2D eigenvalue weighted by Gasteiger charge is 2.03. The monoisotopic (exact) mass is 274 g/mol. The Morgan fingerprint density at radius 2 is 2.00 bits per heavy atom. The van der Waals surface area contributed by atoms with Gasteiger partial charge in [0.05, 0.1) is 4.92 Å². The molecule has 0 radical (unpaired) electrons. The molecule has 0 atom stereocenters. The third-order valence-electron chi connectivity index (χ3n) is 2.32. The van der Waals surface area contributed by atoms with E-state index in [1.165, 1.54) is 12.1 Å². The van der Waals surface area contributed by atoms with E-state index in [0.29, 0.717) is 0 Å². The molecule has 1 aromatic rings. The first kappa shape index (κ1) is 16.8. The number of nitro groups is 1. The van der Waals surface area contributed by atoms with Gasteiger partial charge in [0.1, 0.15) is 0 Å². The molecular formula is C12H19ClN2O3. The molecule has 0 aliphatic heterocycles. The van der Waals surface area contributed by atoms with Crippen LogP contribution in [0.3, 0.4) is 0 Å². The molecule has 102 valence electrons. The number of ether oxygens (including phenoxy) is 1. The van der Waals surface area contributed by atoms with E-state index in [9.17, 15) is 10.1 Å². The van der Waals surface area contributed by atoms with Crippen LogP contribution in [0.4, 0.5) is 5.69 Å². The molecule has 0 saturated heterocycles. The second-order valence-electron chi connectivity index (χ2n) is 3.65. The van der Waals surface area contributed by atoms with Crippen LogP contribution in [0.2, 0.25) is 0 Å². The number of non-ortho nitro benzene ring substituents is 1. The molecule has 1 rings (SSSR count). The SMILES string of the molecule is CCOCCCNCc1ccc([N+](=O)[O-])cc1.Cl. The molecule has 0 aliphatic carbocycles. The van der Waals surface area contributed by atoms with Crippen LogP contribution in [0, 0.1) is 10.1 Å². The zero-order valence-electron chi connectivity index (χ0n) is 10.4. The first-order valence-electron chi connectivity index (χ1n) is 5.76. The fraction of sp³-hybridized carbons (Fsp3) is 0.500. The standard InChI is InChI=1S/C12H18N2O3.ClH/c1-2-17-9-3-8-13-10-11-4-6-12(7-5-11)14(15)16;/h4-7,13H,2-3,8-10H2,1H3;1H. The van der Waals surface area contributed by atoms with E-state index in [1.807, 2.05) is 6.92 Å². The quantitative estimate of drug-likeness (QED) is 0.449. The molecule has 18 heavy (non-hydrogen) atoms. The Morgan fingerprint density at radius 3 is 2.56 bits per heavy atom. The van der Waals surface area contributed by atoms with E-state index in [0.717, 1.165) is 38.3 Å². The van der Waals surface area contributed by atoms with Gasteiger partial charge in [-0.1, -0.05) is 12.1 Å². The van der Waals surface area contributed by atoms with Gasteiger partial charge in [-0.05, 0) is 25.5 Å². The molecule has 0 bridgehead atoms. The van der Waals surface area contributed by atoms with Gasteiger partial charge >= 0.3 is 0 Å². The predicted molar refractivity (Wildman–Crippen MR) is 73.2 cm³/mol. The number of nitrogens with one attached hydrogen (secondary N) is 1.